The van der Waals surface area contributed by atoms with Crippen LogP contribution in [0.5, 0.6) is 5.75 Å². The number of rotatable bonds is 7. The second-order valence-electron chi connectivity index (χ2n) is 6.09. The van der Waals surface area contributed by atoms with E-state index < -0.39 is 6.85 Å². The third-order valence-corrected chi connectivity index (χ3v) is 6.89. The standard InChI is InChI=1S/C17H25N2OPS/c1-6-21(22)19(5)18-12-14-7-10-16(13(2)11-14)20-17(3,4)15-8-9-15/h7-8,10-12,21H,6,9H2,1-5H3/b18-12+. The fraction of sp³-hybridized carbons (Fsp3) is 0.471. The fourth-order valence-electron chi connectivity index (χ4n) is 2.20. The number of hydrogen-bond acceptors (Lipinski definition) is 3. The second-order valence-corrected chi connectivity index (χ2v) is 9.64. The molecule has 1 aliphatic rings. The Hall–Kier alpha value is -1.12. The van der Waals surface area contributed by atoms with E-state index in [-0.39, 0.29) is 5.60 Å². The number of allylic oxidation sites excluding steroid dienone is 1. The molecule has 0 amide bonds. The summed E-state index contributed by atoms with van der Waals surface area (Å²) in [5.74, 6) is 0.935. The molecule has 0 spiro atoms. The van der Waals surface area contributed by atoms with Crippen molar-refractivity contribution in [1.82, 2.24) is 4.78 Å². The van der Waals surface area contributed by atoms with Crippen molar-refractivity contribution in [2.75, 3.05) is 13.2 Å². The van der Waals surface area contributed by atoms with Crippen LogP contribution in [0, 0.1) is 6.92 Å². The summed E-state index contributed by atoms with van der Waals surface area (Å²) >= 11 is 5.40. The molecule has 5 heteroatoms. The first-order valence-corrected chi connectivity index (χ1v) is 10.4. The van der Waals surface area contributed by atoms with Gasteiger partial charge in [-0.3, -0.25) is 4.78 Å². The monoisotopic (exact) mass is 336 g/mol. The van der Waals surface area contributed by atoms with Gasteiger partial charge >= 0.3 is 0 Å². The van der Waals surface area contributed by atoms with Crippen molar-refractivity contribution in [3.8, 4) is 5.75 Å². The quantitative estimate of drug-likeness (QED) is 0.320. The van der Waals surface area contributed by atoms with Crippen LogP contribution in [-0.4, -0.2) is 29.8 Å². The highest BCUT2D eigenvalue weighted by Crippen LogP contribution is 2.36. The molecule has 1 atom stereocenters. The molecule has 0 radical (unpaired) electrons. The van der Waals surface area contributed by atoms with Crippen LogP contribution >= 0.6 is 6.85 Å². The lowest BCUT2D eigenvalue weighted by Crippen LogP contribution is -2.27. The summed E-state index contributed by atoms with van der Waals surface area (Å²) in [6, 6.07) is 6.17. The number of aryl methyl sites for hydroxylation is 1. The molecule has 0 heterocycles. The zero-order valence-electron chi connectivity index (χ0n) is 14.0. The van der Waals surface area contributed by atoms with Crippen LogP contribution in [0.1, 0.15) is 38.3 Å². The van der Waals surface area contributed by atoms with Crippen LogP contribution in [0.4, 0.5) is 0 Å². The van der Waals surface area contributed by atoms with Gasteiger partial charge in [-0.1, -0.05) is 24.8 Å². The first-order valence-electron chi connectivity index (χ1n) is 7.63. The van der Waals surface area contributed by atoms with E-state index >= 15 is 0 Å². The second kappa shape index (κ2) is 6.97. The van der Waals surface area contributed by atoms with Crippen molar-refractivity contribution in [1.29, 1.82) is 0 Å². The Morgan fingerprint density at radius 1 is 1.45 bits per heavy atom. The molecule has 0 aliphatic heterocycles. The molecule has 0 fully saturated rings. The summed E-state index contributed by atoms with van der Waals surface area (Å²) < 4.78 is 8.08. The van der Waals surface area contributed by atoms with Crippen molar-refractivity contribution >= 4 is 24.9 Å². The van der Waals surface area contributed by atoms with Crippen molar-refractivity contribution in [2.24, 2.45) is 5.10 Å². The van der Waals surface area contributed by atoms with Crippen LogP contribution in [-0.2, 0) is 11.8 Å². The molecule has 1 aliphatic carbocycles. The zero-order chi connectivity index (χ0) is 16.3. The highest BCUT2D eigenvalue weighted by Gasteiger charge is 2.30. The van der Waals surface area contributed by atoms with E-state index in [0.717, 1.165) is 29.5 Å². The third-order valence-electron chi connectivity index (χ3n) is 3.79. The average molecular weight is 336 g/mol. The Morgan fingerprint density at radius 3 is 2.68 bits per heavy atom. The van der Waals surface area contributed by atoms with Gasteiger partial charge in [-0.15, -0.1) is 0 Å². The van der Waals surface area contributed by atoms with Crippen molar-refractivity contribution in [3.05, 3.63) is 41.0 Å². The molecule has 3 nitrogen and oxygen atoms in total. The zero-order valence-corrected chi connectivity index (χ0v) is 15.8. The predicted molar refractivity (Wildman–Crippen MR) is 100 cm³/mol. The number of benzene rings is 1. The minimum atomic E-state index is -0.933. The highest BCUT2D eigenvalue weighted by molar-refractivity contribution is 8.04. The van der Waals surface area contributed by atoms with Crippen LogP contribution in [0.15, 0.2) is 34.9 Å². The molecule has 120 valence electrons. The Balaban J connectivity index is 2.08. The van der Waals surface area contributed by atoms with E-state index in [4.69, 9.17) is 16.5 Å². The van der Waals surface area contributed by atoms with Gasteiger partial charge in [0.25, 0.3) is 0 Å². The largest absolute Gasteiger partial charge is 0.483 e. The van der Waals surface area contributed by atoms with Crippen LogP contribution in [0.25, 0.3) is 0 Å². The summed E-state index contributed by atoms with van der Waals surface area (Å²) in [7, 11) is 1.96. The van der Waals surface area contributed by atoms with E-state index in [9.17, 15) is 0 Å². The lowest BCUT2D eigenvalue weighted by atomic mass is 10.1. The van der Waals surface area contributed by atoms with E-state index in [2.05, 4.69) is 44.9 Å². The smallest absolute Gasteiger partial charge is 0.125 e. The predicted octanol–water partition coefficient (Wildman–Crippen LogP) is 4.36. The van der Waals surface area contributed by atoms with Gasteiger partial charge in [0.1, 0.15) is 11.4 Å². The topological polar surface area (TPSA) is 24.8 Å². The molecule has 0 N–H and O–H groups in total. The Bertz CT molecular complexity index is 638. The molecule has 0 aromatic heterocycles. The van der Waals surface area contributed by atoms with Gasteiger partial charge in [0.2, 0.25) is 0 Å². The Kier molecular flexibility index (Phi) is 5.46. The van der Waals surface area contributed by atoms with Gasteiger partial charge in [-0.25, -0.2) is 0 Å². The van der Waals surface area contributed by atoms with Gasteiger partial charge in [0.15, 0.2) is 0 Å². The van der Waals surface area contributed by atoms with E-state index in [1.165, 1.54) is 5.57 Å². The first kappa shape index (κ1) is 17.2. The van der Waals surface area contributed by atoms with E-state index in [1.807, 2.05) is 30.2 Å². The van der Waals surface area contributed by atoms with Gasteiger partial charge < -0.3 is 4.74 Å². The maximum absolute atomic E-state index is 6.16. The molecule has 2 rings (SSSR count). The van der Waals surface area contributed by atoms with Crippen molar-refractivity contribution in [3.63, 3.8) is 0 Å². The summed E-state index contributed by atoms with van der Waals surface area (Å²) in [6.45, 7) is 7.49. The molecule has 1 aromatic carbocycles. The Labute approximate surface area is 139 Å². The van der Waals surface area contributed by atoms with Gasteiger partial charge in [0, 0.05) is 13.9 Å². The molecule has 0 saturated carbocycles. The number of nitrogens with zero attached hydrogens (tertiary/aromatic N) is 2. The molecular formula is C17H25N2OPS. The molecule has 1 aromatic rings. The number of hydrazone groups is 1. The van der Waals surface area contributed by atoms with Crippen molar-refractivity contribution in [2.45, 2.75) is 39.7 Å². The molecule has 1 unspecified atom stereocenters. The summed E-state index contributed by atoms with van der Waals surface area (Å²) in [5, 5.41) is 4.45. The van der Waals surface area contributed by atoms with Crippen LogP contribution in [0.3, 0.4) is 0 Å². The Morgan fingerprint density at radius 2 is 2.14 bits per heavy atom. The normalized spacial score (nSPS) is 15.6. The summed E-state index contributed by atoms with van der Waals surface area (Å²) in [5.41, 5.74) is 3.36. The maximum Gasteiger partial charge on any atom is 0.125 e. The number of ether oxygens (including phenoxy) is 1. The van der Waals surface area contributed by atoms with Gasteiger partial charge in [0.05, 0.1) is 6.21 Å². The minimum absolute atomic E-state index is 0.207. The van der Waals surface area contributed by atoms with E-state index in [0.29, 0.717) is 0 Å². The molecular weight excluding hydrogens is 311 g/mol. The SMILES string of the molecule is CC[PH](=S)N(C)/N=C/c1ccc(OC(C)(C)C2=CC2)c(C)c1. The third kappa shape index (κ3) is 4.44. The molecule has 0 saturated heterocycles. The highest BCUT2D eigenvalue weighted by atomic mass is 32.4. The van der Waals surface area contributed by atoms with Crippen LogP contribution in [0.2, 0.25) is 0 Å². The van der Waals surface area contributed by atoms with Crippen molar-refractivity contribution < 1.29 is 4.74 Å². The summed E-state index contributed by atoms with van der Waals surface area (Å²) in [4.78, 5) is 0. The fourth-order valence-corrected chi connectivity index (χ4v) is 2.98. The summed E-state index contributed by atoms with van der Waals surface area (Å²) in [6.07, 6.45) is 6.17. The molecule has 0 bridgehead atoms. The lowest BCUT2D eigenvalue weighted by Gasteiger charge is -2.25. The minimum Gasteiger partial charge on any atom is -0.483 e. The van der Waals surface area contributed by atoms with Gasteiger partial charge in [-0.05, 0) is 68.3 Å². The van der Waals surface area contributed by atoms with Gasteiger partial charge in [-0.2, -0.15) is 5.10 Å². The van der Waals surface area contributed by atoms with Crippen LogP contribution < -0.4 is 4.74 Å². The average Bonchev–Trinajstić information content (AvgIpc) is 3.31. The first-order chi connectivity index (χ1) is 10.3. The number of hydrogen-bond donors (Lipinski definition) is 0. The maximum atomic E-state index is 6.16. The lowest BCUT2D eigenvalue weighted by molar-refractivity contribution is 0.152. The van der Waals surface area contributed by atoms with E-state index in [1.54, 1.807) is 0 Å². The molecule has 22 heavy (non-hydrogen) atoms.